The molecule has 2 unspecified atom stereocenters. The second-order valence-electron chi connectivity index (χ2n) is 10.5. The Kier molecular flexibility index (Phi) is 5.86. The number of nitrogens with zero attached hydrogens (tertiary/aromatic N) is 1. The van der Waals surface area contributed by atoms with E-state index in [-0.39, 0.29) is 11.5 Å². The van der Waals surface area contributed by atoms with Crippen molar-refractivity contribution in [1.82, 2.24) is 5.32 Å². The summed E-state index contributed by atoms with van der Waals surface area (Å²) in [6.45, 7) is 0. The smallest absolute Gasteiger partial charge is 0.145 e. The van der Waals surface area contributed by atoms with E-state index in [9.17, 15) is 0 Å². The number of benzene rings is 6. The molecule has 2 aliphatic heterocycles. The highest BCUT2D eigenvalue weighted by Gasteiger charge is 2.26. The van der Waals surface area contributed by atoms with Gasteiger partial charge in [0.15, 0.2) is 0 Å². The molecule has 8 rings (SSSR count). The van der Waals surface area contributed by atoms with Gasteiger partial charge in [0.25, 0.3) is 0 Å². The van der Waals surface area contributed by atoms with Crippen molar-refractivity contribution >= 4 is 50.4 Å². The fourth-order valence-corrected chi connectivity index (χ4v) is 7.03. The van der Waals surface area contributed by atoms with E-state index in [2.05, 4.69) is 144 Å². The second-order valence-corrected chi connectivity index (χ2v) is 11.6. The summed E-state index contributed by atoms with van der Waals surface area (Å²) in [4.78, 5) is 6.48. The van der Waals surface area contributed by atoms with Gasteiger partial charge in [-0.05, 0) is 56.6 Å². The molecule has 196 valence electrons. The number of allylic oxidation sites excluding steroid dienone is 1. The van der Waals surface area contributed by atoms with Crippen molar-refractivity contribution in [3.05, 3.63) is 162 Å². The molecule has 0 radical (unpaired) electrons. The van der Waals surface area contributed by atoms with Crippen molar-refractivity contribution in [2.75, 3.05) is 5.32 Å². The zero-order chi connectivity index (χ0) is 27.2. The van der Waals surface area contributed by atoms with Crippen LogP contribution in [0.5, 0.6) is 0 Å². The Morgan fingerprint density at radius 1 is 0.585 bits per heavy atom. The van der Waals surface area contributed by atoms with Gasteiger partial charge in [-0.15, -0.1) is 0 Å². The number of fused-ring (bicyclic) bond motifs is 5. The van der Waals surface area contributed by atoms with Crippen LogP contribution in [-0.2, 0) is 0 Å². The first-order valence-electron chi connectivity index (χ1n) is 13.9. The number of anilines is 1. The molecule has 0 aromatic heterocycles. The largest absolute Gasteiger partial charge is 0.368 e. The molecule has 0 spiro atoms. The second kappa shape index (κ2) is 9.99. The first-order valence-corrected chi connectivity index (χ1v) is 14.8. The fraction of sp³-hybridized carbons (Fsp3) is 0.0541. The molecular weight excluding hydrogens is 518 g/mol. The molecule has 6 aromatic carbocycles. The van der Waals surface area contributed by atoms with Gasteiger partial charge in [-0.3, -0.25) is 4.99 Å². The average molecular weight is 546 g/mol. The molecule has 0 fully saturated rings. The van der Waals surface area contributed by atoms with Gasteiger partial charge in [0.2, 0.25) is 0 Å². The summed E-state index contributed by atoms with van der Waals surface area (Å²) in [6.07, 6.45) is 1.97. The van der Waals surface area contributed by atoms with Crippen LogP contribution < -0.4 is 10.6 Å². The molecule has 2 aliphatic rings. The standard InChI is InChI=1S/C37H27N3S/c1-4-10-24(11-5-1)31-23-32(25-12-6-2-7-13-25)39-36(38-31)29-18-20-30-28(22-29)17-16-26-19-21-33-35(34(26)30)40-37(41-33)27-14-8-3-9-15-27/h1-23,36-38,40H. The van der Waals surface area contributed by atoms with Crippen LogP contribution >= 0.6 is 11.8 Å². The predicted molar refractivity (Wildman–Crippen MR) is 173 cm³/mol. The first kappa shape index (κ1) is 24.0. The van der Waals surface area contributed by atoms with E-state index in [4.69, 9.17) is 4.99 Å². The molecular formula is C37H27N3S. The summed E-state index contributed by atoms with van der Waals surface area (Å²) in [5, 5.41) is 12.8. The van der Waals surface area contributed by atoms with Crippen LogP contribution in [0.1, 0.15) is 33.8 Å². The summed E-state index contributed by atoms with van der Waals surface area (Å²) < 4.78 is 0. The molecule has 6 aromatic rings. The zero-order valence-corrected chi connectivity index (χ0v) is 23.1. The highest BCUT2D eigenvalue weighted by molar-refractivity contribution is 8.00. The van der Waals surface area contributed by atoms with Gasteiger partial charge in [-0.2, -0.15) is 0 Å². The minimum absolute atomic E-state index is 0.192. The van der Waals surface area contributed by atoms with Crippen LogP contribution in [-0.4, -0.2) is 5.71 Å². The van der Waals surface area contributed by atoms with Gasteiger partial charge in [0.05, 0.1) is 11.4 Å². The maximum absolute atomic E-state index is 5.18. The lowest BCUT2D eigenvalue weighted by Crippen LogP contribution is -2.24. The average Bonchev–Trinajstić information content (AvgIpc) is 3.50. The Hall–Kier alpha value is -4.80. The highest BCUT2D eigenvalue weighted by atomic mass is 32.2. The Balaban J connectivity index is 1.21. The summed E-state index contributed by atoms with van der Waals surface area (Å²) in [5.74, 6) is 0. The van der Waals surface area contributed by atoms with Crippen LogP contribution in [0, 0.1) is 0 Å². The van der Waals surface area contributed by atoms with E-state index in [1.165, 1.54) is 37.7 Å². The Labute approximate surface area is 243 Å². The quantitative estimate of drug-likeness (QED) is 0.217. The van der Waals surface area contributed by atoms with Gasteiger partial charge in [-0.25, -0.2) is 0 Å². The molecule has 0 amide bonds. The minimum Gasteiger partial charge on any atom is -0.368 e. The number of aliphatic imine (C=N–C) groups is 1. The molecule has 3 nitrogen and oxygen atoms in total. The van der Waals surface area contributed by atoms with Crippen LogP contribution in [0.15, 0.2) is 149 Å². The van der Waals surface area contributed by atoms with Crippen LogP contribution in [0.2, 0.25) is 0 Å². The van der Waals surface area contributed by atoms with Crippen molar-refractivity contribution in [2.45, 2.75) is 16.4 Å². The Morgan fingerprint density at radius 3 is 2.05 bits per heavy atom. The highest BCUT2D eigenvalue weighted by Crippen LogP contribution is 2.50. The van der Waals surface area contributed by atoms with Gasteiger partial charge >= 0.3 is 0 Å². The van der Waals surface area contributed by atoms with Crippen LogP contribution in [0.25, 0.3) is 27.2 Å². The van der Waals surface area contributed by atoms with Crippen molar-refractivity contribution in [2.24, 2.45) is 4.99 Å². The first-order chi connectivity index (χ1) is 20.3. The fourth-order valence-electron chi connectivity index (χ4n) is 5.88. The molecule has 2 N–H and O–H groups in total. The molecule has 0 aliphatic carbocycles. The molecule has 2 atom stereocenters. The number of hydrogen-bond acceptors (Lipinski definition) is 4. The van der Waals surface area contributed by atoms with Crippen LogP contribution in [0.4, 0.5) is 5.69 Å². The molecule has 4 heteroatoms. The monoisotopic (exact) mass is 545 g/mol. The predicted octanol–water partition coefficient (Wildman–Crippen LogP) is 9.34. The number of thioether (sulfide) groups is 1. The topological polar surface area (TPSA) is 36.4 Å². The van der Waals surface area contributed by atoms with Crippen molar-refractivity contribution in [3.63, 3.8) is 0 Å². The summed E-state index contributed by atoms with van der Waals surface area (Å²) in [5.41, 5.74) is 8.00. The van der Waals surface area contributed by atoms with Gasteiger partial charge in [0, 0.05) is 16.0 Å². The Morgan fingerprint density at radius 2 is 1.27 bits per heavy atom. The minimum atomic E-state index is -0.192. The van der Waals surface area contributed by atoms with Gasteiger partial charge in [0.1, 0.15) is 11.5 Å². The van der Waals surface area contributed by atoms with Crippen LogP contribution in [0.3, 0.4) is 0 Å². The molecule has 41 heavy (non-hydrogen) atoms. The normalized spacial score (nSPS) is 17.9. The summed E-state index contributed by atoms with van der Waals surface area (Å²) in [6, 6.07) is 47.4. The van der Waals surface area contributed by atoms with Gasteiger partial charge in [-0.1, -0.05) is 133 Å². The number of nitrogens with one attached hydrogen (secondary N) is 2. The van der Waals surface area contributed by atoms with E-state index in [0.29, 0.717) is 0 Å². The lowest BCUT2D eigenvalue weighted by atomic mass is 9.97. The van der Waals surface area contributed by atoms with Crippen molar-refractivity contribution < 1.29 is 0 Å². The van der Waals surface area contributed by atoms with Crippen molar-refractivity contribution in [3.8, 4) is 0 Å². The lowest BCUT2D eigenvalue weighted by molar-refractivity contribution is 0.665. The maximum atomic E-state index is 5.18. The van der Waals surface area contributed by atoms with Gasteiger partial charge < -0.3 is 10.6 Å². The summed E-state index contributed by atoms with van der Waals surface area (Å²) >= 11 is 1.89. The van der Waals surface area contributed by atoms with E-state index in [1.54, 1.807) is 0 Å². The summed E-state index contributed by atoms with van der Waals surface area (Å²) in [7, 11) is 0. The third-order valence-electron chi connectivity index (χ3n) is 7.92. The third kappa shape index (κ3) is 4.37. The maximum Gasteiger partial charge on any atom is 0.145 e. The lowest BCUT2D eigenvalue weighted by Gasteiger charge is -2.25. The zero-order valence-electron chi connectivity index (χ0n) is 22.3. The van der Waals surface area contributed by atoms with E-state index in [0.717, 1.165) is 28.1 Å². The van der Waals surface area contributed by atoms with E-state index in [1.807, 2.05) is 17.8 Å². The number of rotatable bonds is 4. The van der Waals surface area contributed by atoms with Crippen molar-refractivity contribution in [1.29, 1.82) is 0 Å². The number of hydrogen-bond donors (Lipinski definition) is 2. The molecule has 2 heterocycles. The van der Waals surface area contributed by atoms with E-state index >= 15 is 0 Å². The molecule has 0 saturated carbocycles. The van der Waals surface area contributed by atoms with E-state index < -0.39 is 0 Å². The third-order valence-corrected chi connectivity index (χ3v) is 9.14. The SMILES string of the molecule is C1=C(c2ccccc2)NC(c2ccc3c(ccc4ccc5c(c43)NC(c3ccccc3)S5)c2)N=C1c1ccccc1. The molecule has 0 bridgehead atoms. The molecule has 0 saturated heterocycles. The Bertz CT molecular complexity index is 1960.